The van der Waals surface area contributed by atoms with Gasteiger partial charge in [0.05, 0.1) is 6.61 Å². The third-order valence-electron chi connectivity index (χ3n) is 2.92. The molecule has 2 nitrogen and oxygen atoms in total. The first kappa shape index (κ1) is 14.0. The molecule has 1 aromatic carbocycles. The van der Waals surface area contributed by atoms with Gasteiger partial charge in [-0.3, -0.25) is 0 Å². The molecule has 0 spiro atoms. The predicted octanol–water partition coefficient (Wildman–Crippen LogP) is 3.78. The second kappa shape index (κ2) is 7.33. The summed E-state index contributed by atoms with van der Waals surface area (Å²) in [6.45, 7) is 11.2. The second-order valence-corrected chi connectivity index (χ2v) is 5.02. The monoisotopic (exact) mass is 235 g/mol. The Morgan fingerprint density at radius 3 is 2.53 bits per heavy atom. The Balaban J connectivity index is 2.16. The number of hydrogen-bond donors (Lipinski definition) is 1. The standard InChI is InChI=1S/C15H25NO/c1-12(2)7-9-17-10-8-16-15-6-5-13(3)14(4)11-15/h5-6,11-12,16H,7-10H2,1-4H3. The number of aryl methyl sites for hydroxylation is 2. The molecule has 0 fully saturated rings. The second-order valence-electron chi connectivity index (χ2n) is 5.02. The average molecular weight is 235 g/mol. The summed E-state index contributed by atoms with van der Waals surface area (Å²) < 4.78 is 5.56. The van der Waals surface area contributed by atoms with Gasteiger partial charge in [0.15, 0.2) is 0 Å². The molecule has 0 bridgehead atoms. The minimum Gasteiger partial charge on any atom is -0.383 e. The molecule has 17 heavy (non-hydrogen) atoms. The molecule has 1 N–H and O–H groups in total. The van der Waals surface area contributed by atoms with Crippen LogP contribution in [0.5, 0.6) is 0 Å². The SMILES string of the molecule is Cc1ccc(NCCOCCC(C)C)cc1C. The lowest BCUT2D eigenvalue weighted by molar-refractivity contribution is 0.132. The van der Waals surface area contributed by atoms with Crippen molar-refractivity contribution in [1.29, 1.82) is 0 Å². The topological polar surface area (TPSA) is 21.3 Å². The van der Waals surface area contributed by atoms with Crippen molar-refractivity contribution in [2.24, 2.45) is 5.92 Å². The third kappa shape index (κ3) is 5.73. The van der Waals surface area contributed by atoms with E-state index in [2.05, 4.69) is 51.2 Å². The molecule has 0 unspecified atom stereocenters. The van der Waals surface area contributed by atoms with Crippen LogP contribution in [0, 0.1) is 19.8 Å². The van der Waals surface area contributed by atoms with Gasteiger partial charge in [-0.2, -0.15) is 0 Å². The van der Waals surface area contributed by atoms with E-state index in [1.54, 1.807) is 0 Å². The molecule has 0 heterocycles. The molecule has 0 saturated carbocycles. The Labute approximate surface area is 105 Å². The molecule has 0 aromatic heterocycles. The molecule has 0 aliphatic rings. The molecule has 2 heteroatoms. The highest BCUT2D eigenvalue weighted by Gasteiger charge is 1.96. The van der Waals surface area contributed by atoms with Crippen LogP contribution in [0.25, 0.3) is 0 Å². The van der Waals surface area contributed by atoms with Crippen molar-refractivity contribution in [3.05, 3.63) is 29.3 Å². The van der Waals surface area contributed by atoms with Crippen molar-refractivity contribution in [3.63, 3.8) is 0 Å². The number of benzene rings is 1. The first-order valence-electron chi connectivity index (χ1n) is 6.48. The van der Waals surface area contributed by atoms with Gasteiger partial charge >= 0.3 is 0 Å². The minimum absolute atomic E-state index is 0.725. The summed E-state index contributed by atoms with van der Waals surface area (Å²) in [5, 5.41) is 3.38. The van der Waals surface area contributed by atoms with E-state index in [1.807, 2.05) is 0 Å². The van der Waals surface area contributed by atoms with Crippen molar-refractivity contribution < 1.29 is 4.74 Å². The van der Waals surface area contributed by atoms with E-state index in [0.29, 0.717) is 0 Å². The van der Waals surface area contributed by atoms with Crippen molar-refractivity contribution in [2.45, 2.75) is 34.1 Å². The smallest absolute Gasteiger partial charge is 0.0639 e. The molecular weight excluding hydrogens is 210 g/mol. The van der Waals surface area contributed by atoms with Crippen LogP contribution in [0.1, 0.15) is 31.4 Å². The maximum Gasteiger partial charge on any atom is 0.0639 e. The van der Waals surface area contributed by atoms with Crippen LogP contribution in [0.3, 0.4) is 0 Å². The molecule has 0 aliphatic carbocycles. The van der Waals surface area contributed by atoms with Gasteiger partial charge in [-0.25, -0.2) is 0 Å². The van der Waals surface area contributed by atoms with Gasteiger partial charge in [0, 0.05) is 18.8 Å². The predicted molar refractivity (Wildman–Crippen MR) is 74.7 cm³/mol. The maximum absolute atomic E-state index is 5.56. The first-order valence-corrected chi connectivity index (χ1v) is 6.48. The summed E-state index contributed by atoms with van der Waals surface area (Å²) in [7, 11) is 0. The van der Waals surface area contributed by atoms with Crippen LogP contribution in [-0.4, -0.2) is 19.8 Å². The largest absolute Gasteiger partial charge is 0.383 e. The van der Waals surface area contributed by atoms with E-state index in [4.69, 9.17) is 4.74 Å². The summed E-state index contributed by atoms with van der Waals surface area (Å²) in [5.74, 6) is 0.725. The number of ether oxygens (including phenoxy) is 1. The normalized spacial score (nSPS) is 10.9. The van der Waals surface area contributed by atoms with Gasteiger partial charge in [-0.1, -0.05) is 19.9 Å². The number of anilines is 1. The number of hydrogen-bond acceptors (Lipinski definition) is 2. The van der Waals surface area contributed by atoms with Crippen LogP contribution in [0.2, 0.25) is 0 Å². The highest BCUT2D eigenvalue weighted by Crippen LogP contribution is 2.13. The first-order chi connectivity index (χ1) is 8.09. The van der Waals surface area contributed by atoms with E-state index < -0.39 is 0 Å². The van der Waals surface area contributed by atoms with Crippen LogP contribution in [0.4, 0.5) is 5.69 Å². The van der Waals surface area contributed by atoms with Gasteiger partial charge < -0.3 is 10.1 Å². The van der Waals surface area contributed by atoms with E-state index in [-0.39, 0.29) is 0 Å². The molecule has 0 atom stereocenters. The van der Waals surface area contributed by atoms with Crippen molar-refractivity contribution in [1.82, 2.24) is 0 Å². The molecule has 1 rings (SSSR count). The maximum atomic E-state index is 5.56. The summed E-state index contributed by atoms with van der Waals surface area (Å²) in [4.78, 5) is 0. The van der Waals surface area contributed by atoms with Crippen molar-refractivity contribution >= 4 is 5.69 Å². The lowest BCUT2D eigenvalue weighted by atomic mass is 10.1. The fourth-order valence-electron chi connectivity index (χ4n) is 1.54. The van der Waals surface area contributed by atoms with Gasteiger partial charge in [-0.15, -0.1) is 0 Å². The molecule has 0 saturated heterocycles. The summed E-state index contributed by atoms with van der Waals surface area (Å²) in [6, 6.07) is 6.46. The molecule has 0 radical (unpaired) electrons. The minimum atomic E-state index is 0.725. The molecule has 0 amide bonds. The van der Waals surface area contributed by atoms with E-state index in [1.165, 1.54) is 16.8 Å². The molecule has 96 valence electrons. The fourth-order valence-corrected chi connectivity index (χ4v) is 1.54. The molecule has 0 aliphatic heterocycles. The zero-order valence-electron chi connectivity index (χ0n) is 11.5. The zero-order chi connectivity index (χ0) is 12.7. The summed E-state index contributed by atoms with van der Waals surface area (Å²) in [6.07, 6.45) is 1.14. The summed E-state index contributed by atoms with van der Waals surface area (Å²) in [5.41, 5.74) is 3.85. The van der Waals surface area contributed by atoms with E-state index in [0.717, 1.165) is 32.1 Å². The quantitative estimate of drug-likeness (QED) is 0.726. The van der Waals surface area contributed by atoms with Crippen molar-refractivity contribution in [2.75, 3.05) is 25.1 Å². The Morgan fingerprint density at radius 1 is 1.12 bits per heavy atom. The zero-order valence-corrected chi connectivity index (χ0v) is 11.5. The van der Waals surface area contributed by atoms with Gasteiger partial charge in [0.1, 0.15) is 0 Å². The number of nitrogens with one attached hydrogen (secondary N) is 1. The average Bonchev–Trinajstić information content (AvgIpc) is 2.27. The van der Waals surface area contributed by atoms with E-state index >= 15 is 0 Å². The van der Waals surface area contributed by atoms with Crippen LogP contribution >= 0.6 is 0 Å². The van der Waals surface area contributed by atoms with Crippen LogP contribution in [0.15, 0.2) is 18.2 Å². The van der Waals surface area contributed by atoms with Gasteiger partial charge in [0.25, 0.3) is 0 Å². The van der Waals surface area contributed by atoms with Crippen molar-refractivity contribution in [3.8, 4) is 0 Å². The van der Waals surface area contributed by atoms with E-state index in [9.17, 15) is 0 Å². The Morgan fingerprint density at radius 2 is 1.88 bits per heavy atom. The fraction of sp³-hybridized carbons (Fsp3) is 0.600. The lowest BCUT2D eigenvalue weighted by Gasteiger charge is -2.10. The molecular formula is C15H25NO. The highest BCUT2D eigenvalue weighted by molar-refractivity contribution is 5.47. The third-order valence-corrected chi connectivity index (χ3v) is 2.92. The summed E-state index contributed by atoms with van der Waals surface area (Å²) >= 11 is 0. The number of rotatable bonds is 7. The van der Waals surface area contributed by atoms with Crippen LogP contribution < -0.4 is 5.32 Å². The van der Waals surface area contributed by atoms with Gasteiger partial charge in [-0.05, 0) is 49.4 Å². The van der Waals surface area contributed by atoms with Crippen LogP contribution in [-0.2, 0) is 4.74 Å². The Kier molecular flexibility index (Phi) is 6.06. The lowest BCUT2D eigenvalue weighted by Crippen LogP contribution is -2.10. The Hall–Kier alpha value is -1.02. The molecule has 1 aromatic rings. The van der Waals surface area contributed by atoms with Gasteiger partial charge in [0.2, 0.25) is 0 Å². The Bertz CT molecular complexity index is 334. The highest BCUT2D eigenvalue weighted by atomic mass is 16.5.